The molecule has 0 N–H and O–H groups in total. The highest BCUT2D eigenvalue weighted by Gasteiger charge is 2.46. The van der Waals surface area contributed by atoms with Gasteiger partial charge in [-0.05, 0) is 122 Å². The molecule has 0 bridgehead atoms. The molecule has 1 aliphatic carbocycles. The Morgan fingerprint density at radius 1 is 0.430 bits per heavy atom. The van der Waals surface area contributed by atoms with Crippen molar-refractivity contribution in [3.63, 3.8) is 0 Å². The highest BCUT2D eigenvalue weighted by molar-refractivity contribution is 7.33. The zero-order valence-electron chi connectivity index (χ0n) is 45.8. The molecule has 0 unspecified atom stereocenters. The topological polar surface area (TPSA) is 18.0 Å². The van der Waals surface area contributed by atoms with Crippen LogP contribution in [0.5, 0.6) is 0 Å². The van der Waals surface area contributed by atoms with Crippen LogP contribution in [0.2, 0.25) is 0 Å². The lowest BCUT2D eigenvalue weighted by Crippen LogP contribution is -2.59. The van der Waals surface area contributed by atoms with Crippen molar-refractivity contribution in [3.05, 3.63) is 222 Å². The van der Waals surface area contributed by atoms with Crippen LogP contribution in [0.15, 0.2) is 200 Å². The molecule has 3 aliphatic rings. The summed E-state index contributed by atoms with van der Waals surface area (Å²) in [7, 11) is 0. The predicted octanol–water partition coefficient (Wildman–Crippen LogP) is 17.7. The average molecular weight is 1030 g/mol. The molecule has 0 fully saturated rings. The van der Waals surface area contributed by atoms with Gasteiger partial charge in [0.15, 0.2) is 0 Å². The van der Waals surface area contributed by atoms with Crippen LogP contribution in [0.25, 0.3) is 104 Å². The van der Waals surface area contributed by atoms with E-state index >= 15 is 0 Å². The number of benzene rings is 10. The number of aromatic nitrogens is 3. The van der Waals surface area contributed by atoms with Crippen molar-refractivity contribution < 1.29 is 0 Å². The third-order valence-corrected chi connectivity index (χ3v) is 19.7. The van der Waals surface area contributed by atoms with Crippen molar-refractivity contribution in [3.8, 4) is 28.2 Å². The Morgan fingerprint density at radius 2 is 1.08 bits per heavy atom. The molecule has 0 amide bonds. The third kappa shape index (κ3) is 5.89. The van der Waals surface area contributed by atoms with Crippen molar-refractivity contribution in [1.82, 2.24) is 13.7 Å². The van der Waals surface area contributed by atoms with Crippen molar-refractivity contribution >= 4 is 126 Å². The van der Waals surface area contributed by atoms with E-state index in [0.717, 1.165) is 11.4 Å². The molecule has 4 nitrogen and oxygen atoms in total. The molecule has 14 aromatic rings. The second kappa shape index (κ2) is 15.4. The minimum Gasteiger partial charge on any atom is -0.310 e. The molecule has 0 spiro atoms. The largest absolute Gasteiger partial charge is 0.310 e. The first-order chi connectivity index (χ1) is 38.3. The fourth-order valence-corrected chi connectivity index (χ4v) is 16.2. The number of hydrogen-bond acceptors (Lipinski definition) is 2. The van der Waals surface area contributed by atoms with E-state index in [1.165, 1.54) is 147 Å². The lowest BCUT2D eigenvalue weighted by Gasteiger charge is -2.39. The number of rotatable bonds is 3. The number of fused-ring (bicyclic) bond motifs is 20. The van der Waals surface area contributed by atoms with E-state index in [4.69, 9.17) is 0 Å². The van der Waals surface area contributed by atoms with Crippen LogP contribution < -0.4 is 20.6 Å². The Morgan fingerprint density at radius 3 is 1.86 bits per heavy atom. The van der Waals surface area contributed by atoms with Gasteiger partial charge in [-0.1, -0.05) is 189 Å². The van der Waals surface area contributed by atoms with Crippen LogP contribution >= 0.6 is 11.3 Å². The Hall–Kier alpha value is -8.58. The Labute approximate surface area is 464 Å². The van der Waals surface area contributed by atoms with Crippen LogP contribution in [0.4, 0.5) is 17.1 Å². The van der Waals surface area contributed by atoms with Gasteiger partial charge in [0.25, 0.3) is 6.71 Å². The molecule has 79 heavy (non-hydrogen) atoms. The number of hydrogen-bond donors (Lipinski definition) is 0. The van der Waals surface area contributed by atoms with E-state index in [0.29, 0.717) is 0 Å². The molecule has 10 aromatic carbocycles. The standard InChI is InChI=1S/C73H57BN4S/c1-71(2,3)42-29-32-45(33-30-42)76-60-40-46(77-57-27-16-13-22-48(57)51-35-34-49-47-21-12-15-25-55(47)73(7,8)64(49)68(51)77)41-61-65(60)74(70-69(76)54-39-43(72(4,5)6)31-38-62(54)79-70)56-26-18-24-50-52-36-37-59-63(67(52)78(61)66(50)56)53-23-14-17-28-58(53)75(59)44-19-10-9-11-20-44/h9-41H,1-8H3. The third-order valence-electron chi connectivity index (χ3n) is 18.5. The van der Waals surface area contributed by atoms with Crippen LogP contribution in [0.3, 0.4) is 0 Å². The summed E-state index contributed by atoms with van der Waals surface area (Å²) < 4.78 is 10.6. The molecule has 0 saturated carbocycles. The van der Waals surface area contributed by atoms with E-state index < -0.39 is 0 Å². The minimum absolute atomic E-state index is 0.00376. The summed E-state index contributed by atoms with van der Waals surface area (Å²) in [6, 6.07) is 77.0. The maximum absolute atomic E-state index is 2.72. The number of thiophene rings is 1. The fraction of sp³-hybridized carbons (Fsp3) is 0.151. The van der Waals surface area contributed by atoms with Gasteiger partial charge in [-0.15, -0.1) is 11.3 Å². The zero-order chi connectivity index (χ0) is 53.2. The molecule has 6 heterocycles. The second-order valence-corrected chi connectivity index (χ2v) is 26.4. The molecule has 0 saturated heterocycles. The average Bonchev–Trinajstić information content (AvgIpc) is 3.65. The van der Waals surface area contributed by atoms with E-state index in [-0.39, 0.29) is 23.0 Å². The minimum atomic E-state index is -0.248. The second-order valence-electron chi connectivity index (χ2n) is 25.3. The van der Waals surface area contributed by atoms with Gasteiger partial charge in [0, 0.05) is 80.9 Å². The molecule has 2 aliphatic heterocycles. The maximum atomic E-state index is 2.72. The molecule has 6 heteroatoms. The maximum Gasteiger partial charge on any atom is 0.264 e. The predicted molar refractivity (Wildman–Crippen MR) is 339 cm³/mol. The smallest absolute Gasteiger partial charge is 0.264 e. The SMILES string of the molecule is CC(C)(C)c1ccc(N2c3cc(-n4c5ccccc5c5ccc6c(c54)C(C)(C)c4ccccc4-6)cc4c3B(c3sc5ccc(C(C)(C)C)cc5c32)c2cccc3c5ccc6c(c7ccccc7n6-c6ccccc6)c5n-4c23)cc1. The van der Waals surface area contributed by atoms with E-state index in [1.807, 2.05) is 11.3 Å². The number of anilines is 3. The number of para-hydroxylation sites is 4. The van der Waals surface area contributed by atoms with Crippen molar-refractivity contribution in [2.75, 3.05) is 4.90 Å². The van der Waals surface area contributed by atoms with Crippen molar-refractivity contribution in [2.24, 2.45) is 0 Å². The summed E-state index contributed by atoms with van der Waals surface area (Å²) in [4.78, 5) is 2.68. The van der Waals surface area contributed by atoms with Gasteiger partial charge < -0.3 is 18.6 Å². The quantitative estimate of drug-likeness (QED) is 0.161. The van der Waals surface area contributed by atoms with E-state index in [1.54, 1.807) is 0 Å². The van der Waals surface area contributed by atoms with E-state index in [2.05, 4.69) is 274 Å². The molecule has 4 aromatic heterocycles. The molecule has 17 rings (SSSR count). The molecule has 378 valence electrons. The summed E-state index contributed by atoms with van der Waals surface area (Å²) >= 11 is 1.99. The van der Waals surface area contributed by atoms with Gasteiger partial charge in [0.05, 0.1) is 39.0 Å². The molecular weight excluding hydrogens is 976 g/mol. The normalized spacial score (nSPS) is 14.4. The first kappa shape index (κ1) is 45.4. The zero-order valence-corrected chi connectivity index (χ0v) is 46.6. The van der Waals surface area contributed by atoms with Crippen molar-refractivity contribution in [1.29, 1.82) is 0 Å². The summed E-state index contributed by atoms with van der Waals surface area (Å²) in [5.74, 6) is 0. The van der Waals surface area contributed by atoms with Gasteiger partial charge in [-0.25, -0.2) is 0 Å². The molecule has 0 radical (unpaired) electrons. The van der Waals surface area contributed by atoms with Crippen LogP contribution in [0, 0.1) is 0 Å². The monoisotopic (exact) mass is 1030 g/mol. The van der Waals surface area contributed by atoms with Crippen LogP contribution in [-0.2, 0) is 16.2 Å². The molecular formula is C73H57BN4S. The van der Waals surface area contributed by atoms with E-state index in [9.17, 15) is 0 Å². The first-order valence-corrected chi connectivity index (χ1v) is 28.9. The van der Waals surface area contributed by atoms with Gasteiger partial charge in [-0.2, -0.15) is 0 Å². The Balaban J connectivity index is 1.08. The van der Waals surface area contributed by atoms with Crippen molar-refractivity contribution in [2.45, 2.75) is 71.6 Å². The first-order valence-electron chi connectivity index (χ1n) is 28.1. The van der Waals surface area contributed by atoms with Gasteiger partial charge in [-0.3, -0.25) is 0 Å². The van der Waals surface area contributed by atoms with Gasteiger partial charge >= 0.3 is 0 Å². The molecule has 0 atom stereocenters. The summed E-state index contributed by atoms with van der Waals surface area (Å²) in [6.07, 6.45) is 0. The highest BCUT2D eigenvalue weighted by atomic mass is 32.1. The summed E-state index contributed by atoms with van der Waals surface area (Å²) in [6.45, 7) is 18.9. The lowest BCUT2D eigenvalue weighted by atomic mass is 9.36. The van der Waals surface area contributed by atoms with Crippen LogP contribution in [0.1, 0.15) is 77.6 Å². The number of nitrogens with zero attached hydrogens (tertiary/aromatic N) is 4. The summed E-state index contributed by atoms with van der Waals surface area (Å²) in [5.41, 5.74) is 25.2. The fourth-order valence-electron chi connectivity index (χ4n) is 14.9. The van der Waals surface area contributed by atoms with Gasteiger partial charge in [0.1, 0.15) is 0 Å². The Kier molecular flexibility index (Phi) is 8.84. The van der Waals surface area contributed by atoms with Gasteiger partial charge in [0.2, 0.25) is 0 Å². The highest BCUT2D eigenvalue weighted by Crippen LogP contribution is 2.55. The van der Waals surface area contributed by atoms with Crippen LogP contribution in [-0.4, -0.2) is 20.4 Å². The Bertz CT molecular complexity index is 5010. The lowest BCUT2D eigenvalue weighted by molar-refractivity contribution is 0.590. The summed E-state index contributed by atoms with van der Waals surface area (Å²) in [5, 5.41) is 8.94.